The average Bonchev–Trinajstić information content (AvgIpc) is 2.26. The molecule has 1 aromatic rings. The largest absolute Gasteiger partial charge is 0.308 e. The molecule has 0 saturated carbocycles. The highest BCUT2D eigenvalue weighted by Gasteiger charge is 2.13. The van der Waals surface area contributed by atoms with Gasteiger partial charge in [0.2, 0.25) is 0 Å². The Hall–Kier alpha value is -0.610. The SMILES string of the molecule is CCCSCc1nc(C)c(CNC(C)(C)C)c(C)n1. The monoisotopic (exact) mass is 281 g/mol. The summed E-state index contributed by atoms with van der Waals surface area (Å²) in [6.07, 6.45) is 1.20. The molecular formula is C15H27N3S. The smallest absolute Gasteiger partial charge is 0.138 e. The molecule has 0 aliphatic carbocycles. The van der Waals surface area contributed by atoms with E-state index < -0.39 is 0 Å². The molecule has 0 spiro atoms. The van der Waals surface area contributed by atoms with Crippen LogP contribution in [-0.4, -0.2) is 21.3 Å². The normalized spacial score (nSPS) is 11.9. The summed E-state index contributed by atoms with van der Waals surface area (Å²) >= 11 is 1.91. The van der Waals surface area contributed by atoms with E-state index in [-0.39, 0.29) is 5.54 Å². The molecule has 0 aliphatic heterocycles. The highest BCUT2D eigenvalue weighted by Crippen LogP contribution is 2.15. The summed E-state index contributed by atoms with van der Waals surface area (Å²) in [5, 5.41) is 3.51. The van der Waals surface area contributed by atoms with E-state index in [9.17, 15) is 0 Å². The Balaban J connectivity index is 2.74. The predicted octanol–water partition coefficient (Wildman–Crippen LogP) is 3.62. The van der Waals surface area contributed by atoms with Crippen LogP contribution in [0.5, 0.6) is 0 Å². The zero-order chi connectivity index (χ0) is 14.5. The van der Waals surface area contributed by atoms with Crippen molar-refractivity contribution in [2.75, 3.05) is 5.75 Å². The molecule has 0 aromatic carbocycles. The van der Waals surface area contributed by atoms with Gasteiger partial charge in [-0.2, -0.15) is 11.8 Å². The molecule has 0 amide bonds. The first-order valence-corrected chi connectivity index (χ1v) is 8.14. The van der Waals surface area contributed by atoms with Crippen molar-refractivity contribution in [1.29, 1.82) is 0 Å². The van der Waals surface area contributed by atoms with Gasteiger partial charge in [0.15, 0.2) is 0 Å². The Morgan fingerprint density at radius 2 is 1.68 bits per heavy atom. The minimum atomic E-state index is 0.120. The first kappa shape index (κ1) is 16.4. The highest BCUT2D eigenvalue weighted by molar-refractivity contribution is 7.98. The fourth-order valence-corrected chi connectivity index (χ4v) is 2.54. The van der Waals surface area contributed by atoms with Crippen LogP contribution < -0.4 is 5.32 Å². The lowest BCUT2D eigenvalue weighted by atomic mass is 10.1. The highest BCUT2D eigenvalue weighted by atomic mass is 32.2. The molecule has 0 saturated heterocycles. The summed E-state index contributed by atoms with van der Waals surface area (Å²) in [6.45, 7) is 13.7. The van der Waals surface area contributed by atoms with E-state index in [1.54, 1.807) is 0 Å². The minimum Gasteiger partial charge on any atom is -0.308 e. The Kier molecular flexibility index (Phi) is 6.27. The third-order valence-corrected chi connectivity index (χ3v) is 4.00. The van der Waals surface area contributed by atoms with Crippen molar-refractivity contribution in [1.82, 2.24) is 15.3 Å². The summed E-state index contributed by atoms with van der Waals surface area (Å²) in [6, 6.07) is 0. The molecule has 0 bridgehead atoms. The van der Waals surface area contributed by atoms with Gasteiger partial charge in [0.05, 0.1) is 5.75 Å². The van der Waals surface area contributed by atoms with Gasteiger partial charge in [0, 0.05) is 29.0 Å². The number of thioether (sulfide) groups is 1. The van der Waals surface area contributed by atoms with Gasteiger partial charge in [-0.15, -0.1) is 0 Å². The zero-order valence-corrected chi connectivity index (χ0v) is 13.9. The van der Waals surface area contributed by atoms with Gasteiger partial charge in [-0.05, 0) is 46.8 Å². The number of hydrogen-bond acceptors (Lipinski definition) is 4. The van der Waals surface area contributed by atoms with Crippen LogP contribution >= 0.6 is 11.8 Å². The van der Waals surface area contributed by atoms with E-state index in [4.69, 9.17) is 0 Å². The number of nitrogens with zero attached hydrogens (tertiary/aromatic N) is 2. The van der Waals surface area contributed by atoms with Gasteiger partial charge in [-0.3, -0.25) is 0 Å². The van der Waals surface area contributed by atoms with Gasteiger partial charge in [-0.1, -0.05) is 6.92 Å². The van der Waals surface area contributed by atoms with E-state index >= 15 is 0 Å². The molecule has 0 unspecified atom stereocenters. The van der Waals surface area contributed by atoms with Crippen molar-refractivity contribution in [2.24, 2.45) is 0 Å². The molecule has 0 radical (unpaired) electrons. The fourth-order valence-electron chi connectivity index (χ4n) is 1.79. The van der Waals surface area contributed by atoms with Crippen LogP contribution in [0.1, 0.15) is 56.9 Å². The maximum absolute atomic E-state index is 4.63. The predicted molar refractivity (Wildman–Crippen MR) is 84.6 cm³/mol. The molecule has 1 aromatic heterocycles. The van der Waals surface area contributed by atoms with Crippen molar-refractivity contribution in [2.45, 2.75) is 65.8 Å². The molecule has 1 N–H and O–H groups in total. The second kappa shape index (κ2) is 7.25. The quantitative estimate of drug-likeness (QED) is 0.808. The Labute approximate surface area is 122 Å². The maximum Gasteiger partial charge on any atom is 0.138 e. The van der Waals surface area contributed by atoms with E-state index in [0.717, 1.165) is 29.5 Å². The van der Waals surface area contributed by atoms with Crippen LogP contribution in [0.2, 0.25) is 0 Å². The van der Waals surface area contributed by atoms with Crippen molar-refractivity contribution >= 4 is 11.8 Å². The molecule has 0 fully saturated rings. The van der Waals surface area contributed by atoms with Crippen LogP contribution in [0.3, 0.4) is 0 Å². The lowest BCUT2D eigenvalue weighted by molar-refractivity contribution is 0.422. The zero-order valence-electron chi connectivity index (χ0n) is 13.1. The molecular weight excluding hydrogens is 254 g/mol. The summed E-state index contributed by atoms with van der Waals surface area (Å²) in [5.41, 5.74) is 3.57. The second-order valence-electron chi connectivity index (χ2n) is 5.95. The lowest BCUT2D eigenvalue weighted by Crippen LogP contribution is -2.35. The van der Waals surface area contributed by atoms with Crippen molar-refractivity contribution in [3.05, 3.63) is 22.8 Å². The van der Waals surface area contributed by atoms with Crippen LogP contribution in [0.4, 0.5) is 0 Å². The third kappa shape index (κ3) is 5.91. The Morgan fingerprint density at radius 1 is 1.11 bits per heavy atom. The molecule has 3 nitrogen and oxygen atoms in total. The van der Waals surface area contributed by atoms with Gasteiger partial charge in [-0.25, -0.2) is 9.97 Å². The average molecular weight is 281 g/mol. The van der Waals surface area contributed by atoms with Crippen molar-refractivity contribution in [3.63, 3.8) is 0 Å². The summed E-state index contributed by atoms with van der Waals surface area (Å²) in [4.78, 5) is 9.27. The second-order valence-corrected chi connectivity index (χ2v) is 7.05. The fraction of sp³-hybridized carbons (Fsp3) is 0.733. The van der Waals surface area contributed by atoms with Crippen molar-refractivity contribution in [3.8, 4) is 0 Å². The first-order chi connectivity index (χ1) is 8.83. The van der Waals surface area contributed by atoms with Gasteiger partial charge < -0.3 is 5.32 Å². The topological polar surface area (TPSA) is 37.8 Å². The molecule has 1 heterocycles. The van der Waals surface area contributed by atoms with E-state index in [2.05, 4.69) is 56.8 Å². The molecule has 108 valence electrons. The van der Waals surface area contributed by atoms with E-state index in [1.165, 1.54) is 17.7 Å². The lowest BCUT2D eigenvalue weighted by Gasteiger charge is -2.22. The standard InChI is InChI=1S/C15H27N3S/c1-7-8-19-10-14-17-11(2)13(12(3)18-14)9-16-15(4,5)6/h16H,7-10H2,1-6H3. The molecule has 4 heteroatoms. The first-order valence-electron chi connectivity index (χ1n) is 6.99. The van der Waals surface area contributed by atoms with Crippen LogP contribution in [0, 0.1) is 13.8 Å². The van der Waals surface area contributed by atoms with E-state index in [0.29, 0.717) is 0 Å². The number of rotatable bonds is 6. The van der Waals surface area contributed by atoms with Crippen molar-refractivity contribution < 1.29 is 0 Å². The Bertz CT molecular complexity index is 387. The molecule has 1 rings (SSSR count). The number of aromatic nitrogens is 2. The molecule has 0 atom stereocenters. The van der Waals surface area contributed by atoms with E-state index in [1.807, 2.05) is 11.8 Å². The van der Waals surface area contributed by atoms with Crippen LogP contribution in [-0.2, 0) is 12.3 Å². The Morgan fingerprint density at radius 3 is 2.16 bits per heavy atom. The molecule has 19 heavy (non-hydrogen) atoms. The number of nitrogens with one attached hydrogen (secondary N) is 1. The number of hydrogen-bond donors (Lipinski definition) is 1. The van der Waals surface area contributed by atoms with Gasteiger partial charge in [0.1, 0.15) is 5.82 Å². The van der Waals surface area contributed by atoms with Crippen LogP contribution in [0.25, 0.3) is 0 Å². The maximum atomic E-state index is 4.63. The van der Waals surface area contributed by atoms with Crippen LogP contribution in [0.15, 0.2) is 0 Å². The summed E-state index contributed by atoms with van der Waals surface area (Å²) in [5.74, 6) is 3.06. The van der Waals surface area contributed by atoms with Gasteiger partial charge >= 0.3 is 0 Å². The number of aryl methyl sites for hydroxylation is 2. The summed E-state index contributed by atoms with van der Waals surface area (Å²) in [7, 11) is 0. The third-order valence-electron chi connectivity index (χ3n) is 2.84. The molecule has 0 aliphatic rings. The minimum absolute atomic E-state index is 0.120. The summed E-state index contributed by atoms with van der Waals surface area (Å²) < 4.78 is 0. The van der Waals surface area contributed by atoms with Gasteiger partial charge in [0.25, 0.3) is 0 Å².